The van der Waals surface area contributed by atoms with E-state index in [-0.39, 0.29) is 5.92 Å². The largest absolute Gasteiger partial charge is 0.393 e. The molecule has 0 fully saturated rings. The van der Waals surface area contributed by atoms with Crippen molar-refractivity contribution in [2.75, 3.05) is 0 Å². The molecule has 0 spiro atoms. The molecule has 18 heavy (non-hydrogen) atoms. The third kappa shape index (κ3) is 7.88. The summed E-state index contributed by atoms with van der Waals surface area (Å²) in [6.45, 7) is 8.13. The second-order valence-corrected chi connectivity index (χ2v) is 5.52. The third-order valence-electron chi connectivity index (χ3n) is 3.64. The lowest BCUT2D eigenvalue weighted by Crippen LogP contribution is -2.30. The van der Waals surface area contributed by atoms with Crippen LogP contribution < -0.4 is 0 Å². The lowest BCUT2D eigenvalue weighted by atomic mass is 9.88. The first-order chi connectivity index (χ1) is 8.52. The molecule has 0 aromatic carbocycles. The van der Waals surface area contributed by atoms with Crippen LogP contribution in [0.1, 0.15) is 66.2 Å². The molecule has 2 N–H and O–H groups in total. The molecule has 2 heteroatoms. The predicted molar refractivity (Wildman–Crippen MR) is 78.5 cm³/mol. The van der Waals surface area contributed by atoms with Crippen LogP contribution in [0.15, 0.2) is 12.2 Å². The minimum absolute atomic E-state index is 0.000872. The maximum Gasteiger partial charge on any atom is 0.0598 e. The van der Waals surface area contributed by atoms with E-state index in [9.17, 15) is 10.2 Å². The summed E-state index contributed by atoms with van der Waals surface area (Å²) in [7, 11) is 0. The summed E-state index contributed by atoms with van der Waals surface area (Å²) >= 11 is 0. The lowest BCUT2D eigenvalue weighted by Gasteiger charge is -2.25. The topological polar surface area (TPSA) is 40.5 Å². The van der Waals surface area contributed by atoms with Gasteiger partial charge in [0.15, 0.2) is 0 Å². The van der Waals surface area contributed by atoms with Gasteiger partial charge in [-0.2, -0.15) is 0 Å². The molecule has 0 aromatic rings. The van der Waals surface area contributed by atoms with Crippen LogP contribution in [-0.4, -0.2) is 22.4 Å². The summed E-state index contributed by atoms with van der Waals surface area (Å²) < 4.78 is 0. The standard InChI is InChI=1S/C16H32O2/c1-5-7-8-9-10-11-13(3)12-16(18)15(6-2)14(4)17/h10-11,13-18H,5-9,12H2,1-4H3. The Bertz CT molecular complexity index is 211. The fourth-order valence-electron chi connectivity index (χ4n) is 2.41. The first kappa shape index (κ1) is 17.7. The zero-order valence-electron chi connectivity index (χ0n) is 12.6. The summed E-state index contributed by atoms with van der Waals surface area (Å²) in [6, 6.07) is 0. The highest BCUT2D eigenvalue weighted by molar-refractivity contribution is 4.88. The van der Waals surface area contributed by atoms with Crippen molar-refractivity contribution < 1.29 is 10.2 Å². The van der Waals surface area contributed by atoms with Crippen LogP contribution in [0.2, 0.25) is 0 Å². The fourth-order valence-corrected chi connectivity index (χ4v) is 2.41. The van der Waals surface area contributed by atoms with Crippen molar-refractivity contribution in [2.45, 2.75) is 78.4 Å². The Kier molecular flexibility index (Phi) is 10.4. The van der Waals surface area contributed by atoms with Crippen LogP contribution in [0.5, 0.6) is 0 Å². The smallest absolute Gasteiger partial charge is 0.0598 e. The highest BCUT2D eigenvalue weighted by atomic mass is 16.3. The Labute approximate surface area is 113 Å². The number of hydrogen-bond acceptors (Lipinski definition) is 2. The van der Waals surface area contributed by atoms with Gasteiger partial charge >= 0.3 is 0 Å². The molecule has 108 valence electrons. The summed E-state index contributed by atoms with van der Waals surface area (Å²) in [6.07, 6.45) is 10.1. The summed E-state index contributed by atoms with van der Waals surface area (Å²) in [5.74, 6) is 0.385. The van der Waals surface area contributed by atoms with Crippen LogP contribution in [0, 0.1) is 11.8 Å². The van der Waals surface area contributed by atoms with Gasteiger partial charge in [0.05, 0.1) is 12.2 Å². The molecule has 0 heterocycles. The maximum absolute atomic E-state index is 10.1. The van der Waals surface area contributed by atoms with Gasteiger partial charge in [-0.3, -0.25) is 0 Å². The average Bonchev–Trinajstić information content (AvgIpc) is 2.29. The first-order valence-corrected chi connectivity index (χ1v) is 7.55. The number of aliphatic hydroxyl groups excluding tert-OH is 2. The average molecular weight is 256 g/mol. The number of unbranched alkanes of at least 4 members (excludes halogenated alkanes) is 3. The predicted octanol–water partition coefficient (Wildman–Crippen LogP) is 3.92. The number of hydrogen-bond donors (Lipinski definition) is 2. The zero-order valence-corrected chi connectivity index (χ0v) is 12.6. The Hall–Kier alpha value is -0.340. The lowest BCUT2D eigenvalue weighted by molar-refractivity contribution is 0.0109. The van der Waals surface area contributed by atoms with E-state index in [0.717, 1.165) is 19.3 Å². The van der Waals surface area contributed by atoms with Crippen LogP contribution in [0.3, 0.4) is 0 Å². The highest BCUT2D eigenvalue weighted by Crippen LogP contribution is 2.20. The van der Waals surface area contributed by atoms with Crippen LogP contribution >= 0.6 is 0 Å². The third-order valence-corrected chi connectivity index (χ3v) is 3.64. The van der Waals surface area contributed by atoms with Crippen molar-refractivity contribution in [3.8, 4) is 0 Å². The van der Waals surface area contributed by atoms with Crippen LogP contribution in [-0.2, 0) is 0 Å². The van der Waals surface area contributed by atoms with E-state index in [1.165, 1.54) is 19.3 Å². The Morgan fingerprint density at radius 2 is 1.72 bits per heavy atom. The Morgan fingerprint density at radius 1 is 1.06 bits per heavy atom. The molecule has 0 radical (unpaired) electrons. The van der Waals surface area contributed by atoms with Gasteiger partial charge in [0.1, 0.15) is 0 Å². The maximum atomic E-state index is 10.1. The molecule has 0 amide bonds. The normalized spacial score (nSPS) is 18.8. The molecule has 0 saturated heterocycles. The number of rotatable bonds is 10. The van der Waals surface area contributed by atoms with Crippen molar-refractivity contribution >= 4 is 0 Å². The van der Waals surface area contributed by atoms with Crippen LogP contribution in [0.25, 0.3) is 0 Å². The Balaban J connectivity index is 3.95. The van der Waals surface area contributed by atoms with E-state index in [1.54, 1.807) is 6.92 Å². The Morgan fingerprint density at radius 3 is 2.22 bits per heavy atom. The molecule has 0 aliphatic heterocycles. The van der Waals surface area contributed by atoms with Crippen molar-refractivity contribution in [2.24, 2.45) is 11.8 Å². The minimum Gasteiger partial charge on any atom is -0.393 e. The van der Waals surface area contributed by atoms with Crippen LogP contribution in [0.4, 0.5) is 0 Å². The zero-order chi connectivity index (χ0) is 14.0. The van der Waals surface area contributed by atoms with E-state index in [0.29, 0.717) is 5.92 Å². The van der Waals surface area contributed by atoms with E-state index in [1.807, 2.05) is 6.92 Å². The van der Waals surface area contributed by atoms with Gasteiger partial charge < -0.3 is 10.2 Å². The molecule has 0 aliphatic rings. The molecule has 0 aromatic heterocycles. The highest BCUT2D eigenvalue weighted by Gasteiger charge is 2.23. The summed E-state index contributed by atoms with van der Waals surface area (Å²) in [5.41, 5.74) is 0. The number of aliphatic hydroxyl groups is 2. The van der Waals surface area contributed by atoms with E-state index >= 15 is 0 Å². The fraction of sp³-hybridized carbons (Fsp3) is 0.875. The molecule has 4 unspecified atom stereocenters. The molecule has 2 nitrogen and oxygen atoms in total. The van der Waals surface area contributed by atoms with Gasteiger partial charge in [0, 0.05) is 5.92 Å². The first-order valence-electron chi connectivity index (χ1n) is 7.55. The molecule has 0 bridgehead atoms. The summed E-state index contributed by atoms with van der Waals surface area (Å²) in [5, 5.41) is 19.7. The van der Waals surface area contributed by atoms with Gasteiger partial charge in [-0.1, -0.05) is 45.8 Å². The number of allylic oxidation sites excluding steroid dienone is 2. The molecule has 0 aliphatic carbocycles. The minimum atomic E-state index is -0.425. The van der Waals surface area contributed by atoms with Gasteiger partial charge in [-0.25, -0.2) is 0 Å². The quantitative estimate of drug-likeness (QED) is 0.459. The molecule has 0 rings (SSSR count). The molecule has 4 atom stereocenters. The van der Waals surface area contributed by atoms with E-state index in [4.69, 9.17) is 0 Å². The van der Waals surface area contributed by atoms with E-state index < -0.39 is 12.2 Å². The monoisotopic (exact) mass is 256 g/mol. The second-order valence-electron chi connectivity index (χ2n) is 5.52. The molecular weight excluding hydrogens is 224 g/mol. The van der Waals surface area contributed by atoms with Gasteiger partial charge in [-0.15, -0.1) is 0 Å². The molecular formula is C16H32O2. The summed E-state index contributed by atoms with van der Waals surface area (Å²) in [4.78, 5) is 0. The van der Waals surface area contributed by atoms with Crippen molar-refractivity contribution in [3.05, 3.63) is 12.2 Å². The second kappa shape index (κ2) is 10.6. The van der Waals surface area contributed by atoms with Crippen molar-refractivity contribution in [1.29, 1.82) is 0 Å². The van der Waals surface area contributed by atoms with Gasteiger partial charge in [0.2, 0.25) is 0 Å². The molecule has 0 saturated carbocycles. The van der Waals surface area contributed by atoms with Crippen molar-refractivity contribution in [3.63, 3.8) is 0 Å². The van der Waals surface area contributed by atoms with E-state index in [2.05, 4.69) is 26.0 Å². The van der Waals surface area contributed by atoms with Crippen molar-refractivity contribution in [1.82, 2.24) is 0 Å². The van der Waals surface area contributed by atoms with Gasteiger partial charge in [0.25, 0.3) is 0 Å². The van der Waals surface area contributed by atoms with Gasteiger partial charge in [-0.05, 0) is 38.5 Å². The SMILES string of the molecule is CCCCCC=CC(C)CC(O)C(CC)C(C)O.